The Hall–Kier alpha value is -2.08. The standard InChI is InChI=1S/C14H10F3NOS/c1-7-2-3-9(6-10(7)15)19-13-11(16)4-8(14(18)20)5-12(13)17/h2-6H,1H3,(H2,18,20). The molecular weight excluding hydrogens is 287 g/mol. The molecule has 0 aromatic heterocycles. The van der Waals surface area contributed by atoms with E-state index in [-0.39, 0.29) is 16.3 Å². The molecular formula is C14H10F3NOS. The van der Waals surface area contributed by atoms with E-state index in [4.69, 9.17) is 10.5 Å². The number of aryl methyl sites for hydroxylation is 1. The van der Waals surface area contributed by atoms with Crippen LogP contribution in [0.3, 0.4) is 0 Å². The summed E-state index contributed by atoms with van der Waals surface area (Å²) in [7, 11) is 0. The Morgan fingerprint density at radius 2 is 1.65 bits per heavy atom. The molecule has 104 valence electrons. The predicted octanol–water partition coefficient (Wildman–Crippen LogP) is 3.84. The van der Waals surface area contributed by atoms with Crippen LogP contribution < -0.4 is 10.5 Å². The molecule has 20 heavy (non-hydrogen) atoms. The Kier molecular flexibility index (Phi) is 3.94. The molecule has 0 aliphatic carbocycles. The fourth-order valence-corrected chi connectivity index (χ4v) is 1.67. The Morgan fingerprint density at radius 1 is 1.05 bits per heavy atom. The minimum Gasteiger partial charge on any atom is -0.451 e. The van der Waals surface area contributed by atoms with Crippen molar-refractivity contribution in [2.45, 2.75) is 6.92 Å². The molecule has 0 aliphatic heterocycles. The van der Waals surface area contributed by atoms with Crippen molar-refractivity contribution >= 4 is 17.2 Å². The maximum absolute atomic E-state index is 13.8. The summed E-state index contributed by atoms with van der Waals surface area (Å²) in [5.74, 6) is -3.09. The number of thiocarbonyl (C=S) groups is 1. The Morgan fingerprint density at radius 3 is 2.15 bits per heavy atom. The molecule has 6 heteroatoms. The highest BCUT2D eigenvalue weighted by atomic mass is 32.1. The largest absolute Gasteiger partial charge is 0.451 e. The average Bonchev–Trinajstić information content (AvgIpc) is 2.37. The molecule has 0 bridgehead atoms. The second-order valence-electron chi connectivity index (χ2n) is 4.15. The van der Waals surface area contributed by atoms with Gasteiger partial charge in [0.25, 0.3) is 0 Å². The third kappa shape index (κ3) is 2.91. The fraction of sp³-hybridized carbons (Fsp3) is 0.0714. The SMILES string of the molecule is Cc1ccc(Oc2c(F)cc(C(N)=S)cc2F)cc1F. The number of nitrogens with two attached hydrogens (primary N) is 1. The van der Waals surface area contributed by atoms with E-state index in [9.17, 15) is 13.2 Å². The quantitative estimate of drug-likeness (QED) is 0.874. The number of hydrogen-bond donors (Lipinski definition) is 1. The number of rotatable bonds is 3. The van der Waals surface area contributed by atoms with Crippen molar-refractivity contribution < 1.29 is 17.9 Å². The van der Waals surface area contributed by atoms with Gasteiger partial charge < -0.3 is 10.5 Å². The molecule has 0 fully saturated rings. The normalized spacial score (nSPS) is 10.4. The van der Waals surface area contributed by atoms with E-state index in [0.29, 0.717) is 5.56 Å². The van der Waals surface area contributed by atoms with Crippen LogP contribution in [-0.4, -0.2) is 4.99 Å². The van der Waals surface area contributed by atoms with Gasteiger partial charge in [-0.05, 0) is 30.7 Å². The topological polar surface area (TPSA) is 35.2 Å². The lowest BCUT2D eigenvalue weighted by atomic mass is 10.2. The van der Waals surface area contributed by atoms with E-state index in [1.165, 1.54) is 12.1 Å². The van der Waals surface area contributed by atoms with Gasteiger partial charge in [-0.25, -0.2) is 13.2 Å². The van der Waals surface area contributed by atoms with E-state index in [1.807, 2.05) is 0 Å². The summed E-state index contributed by atoms with van der Waals surface area (Å²) in [6, 6.07) is 5.84. The number of hydrogen-bond acceptors (Lipinski definition) is 2. The van der Waals surface area contributed by atoms with Crippen LogP contribution in [0.1, 0.15) is 11.1 Å². The molecule has 0 radical (unpaired) electrons. The molecule has 0 amide bonds. The smallest absolute Gasteiger partial charge is 0.198 e. The first-order valence-corrected chi connectivity index (χ1v) is 6.02. The van der Waals surface area contributed by atoms with Gasteiger partial charge in [-0.15, -0.1) is 0 Å². The Bertz CT molecular complexity index is 665. The number of halogens is 3. The average molecular weight is 297 g/mol. The summed E-state index contributed by atoms with van der Waals surface area (Å²) in [4.78, 5) is -0.129. The van der Waals surface area contributed by atoms with Crippen LogP contribution in [0.25, 0.3) is 0 Å². The first kappa shape index (κ1) is 14.3. The van der Waals surface area contributed by atoms with Crippen molar-refractivity contribution in [3.05, 3.63) is 58.9 Å². The van der Waals surface area contributed by atoms with Gasteiger partial charge >= 0.3 is 0 Å². The van der Waals surface area contributed by atoms with Gasteiger partial charge in [0.15, 0.2) is 17.4 Å². The van der Waals surface area contributed by atoms with Crippen LogP contribution in [0.15, 0.2) is 30.3 Å². The number of benzene rings is 2. The molecule has 2 rings (SSSR count). The molecule has 2 aromatic carbocycles. The van der Waals surface area contributed by atoms with E-state index in [1.54, 1.807) is 6.92 Å². The van der Waals surface area contributed by atoms with Gasteiger partial charge in [-0.1, -0.05) is 18.3 Å². The molecule has 0 heterocycles. The highest BCUT2D eigenvalue weighted by Gasteiger charge is 2.15. The van der Waals surface area contributed by atoms with Gasteiger partial charge in [-0.2, -0.15) is 0 Å². The van der Waals surface area contributed by atoms with Crippen molar-refractivity contribution in [3.63, 3.8) is 0 Å². The van der Waals surface area contributed by atoms with Gasteiger partial charge in [0, 0.05) is 11.6 Å². The van der Waals surface area contributed by atoms with Gasteiger partial charge in [0.05, 0.1) is 0 Å². The van der Waals surface area contributed by atoms with Crippen LogP contribution in [0.4, 0.5) is 13.2 Å². The minimum absolute atomic E-state index is 0.00558. The third-order valence-electron chi connectivity index (χ3n) is 2.65. The summed E-state index contributed by atoms with van der Waals surface area (Å²) in [5, 5.41) is 0. The first-order valence-electron chi connectivity index (χ1n) is 5.61. The lowest BCUT2D eigenvalue weighted by Crippen LogP contribution is -2.10. The summed E-state index contributed by atoms with van der Waals surface area (Å²) in [5.41, 5.74) is 5.76. The second kappa shape index (κ2) is 5.50. The lowest BCUT2D eigenvalue weighted by molar-refractivity contribution is 0.405. The molecule has 2 nitrogen and oxygen atoms in total. The second-order valence-corrected chi connectivity index (χ2v) is 4.59. The Labute approximate surface area is 119 Å². The summed E-state index contributed by atoms with van der Waals surface area (Å²) < 4.78 is 45.9. The Balaban J connectivity index is 2.38. The zero-order valence-electron chi connectivity index (χ0n) is 10.4. The van der Waals surface area contributed by atoms with Gasteiger partial charge in [0.1, 0.15) is 16.6 Å². The predicted molar refractivity (Wildman–Crippen MR) is 73.5 cm³/mol. The van der Waals surface area contributed by atoms with Gasteiger partial charge in [0.2, 0.25) is 0 Å². The van der Waals surface area contributed by atoms with Crippen molar-refractivity contribution in [1.82, 2.24) is 0 Å². The van der Waals surface area contributed by atoms with Crippen LogP contribution in [0.5, 0.6) is 11.5 Å². The first-order chi connectivity index (χ1) is 9.38. The maximum Gasteiger partial charge on any atom is 0.198 e. The van der Waals surface area contributed by atoms with Crippen LogP contribution >= 0.6 is 12.2 Å². The fourth-order valence-electron chi connectivity index (χ4n) is 1.55. The molecule has 0 unspecified atom stereocenters. The van der Waals surface area contributed by atoms with Crippen molar-refractivity contribution in [2.24, 2.45) is 5.73 Å². The molecule has 2 N–H and O–H groups in total. The zero-order chi connectivity index (χ0) is 14.9. The van der Waals surface area contributed by atoms with E-state index in [0.717, 1.165) is 18.2 Å². The molecule has 0 atom stereocenters. The van der Waals surface area contributed by atoms with Gasteiger partial charge in [-0.3, -0.25) is 0 Å². The van der Waals surface area contributed by atoms with E-state index in [2.05, 4.69) is 12.2 Å². The molecule has 0 saturated carbocycles. The van der Waals surface area contributed by atoms with E-state index >= 15 is 0 Å². The van der Waals surface area contributed by atoms with Crippen LogP contribution in [-0.2, 0) is 0 Å². The van der Waals surface area contributed by atoms with Crippen molar-refractivity contribution in [2.75, 3.05) is 0 Å². The summed E-state index contributed by atoms with van der Waals surface area (Å²) in [6.07, 6.45) is 0. The molecule has 0 spiro atoms. The van der Waals surface area contributed by atoms with Crippen LogP contribution in [0.2, 0.25) is 0 Å². The molecule has 2 aromatic rings. The van der Waals surface area contributed by atoms with Crippen molar-refractivity contribution in [3.8, 4) is 11.5 Å². The minimum atomic E-state index is -0.964. The van der Waals surface area contributed by atoms with E-state index < -0.39 is 23.2 Å². The molecule has 0 saturated heterocycles. The van der Waals surface area contributed by atoms with Crippen molar-refractivity contribution in [1.29, 1.82) is 0 Å². The highest BCUT2D eigenvalue weighted by molar-refractivity contribution is 7.80. The summed E-state index contributed by atoms with van der Waals surface area (Å²) in [6.45, 7) is 1.57. The zero-order valence-corrected chi connectivity index (χ0v) is 11.2. The maximum atomic E-state index is 13.8. The third-order valence-corrected chi connectivity index (χ3v) is 2.88. The van der Waals surface area contributed by atoms with Crippen LogP contribution in [0, 0.1) is 24.4 Å². The monoisotopic (exact) mass is 297 g/mol. The highest BCUT2D eigenvalue weighted by Crippen LogP contribution is 2.29. The summed E-state index contributed by atoms with van der Waals surface area (Å²) >= 11 is 4.64. The lowest BCUT2D eigenvalue weighted by Gasteiger charge is -2.10. The number of ether oxygens (including phenoxy) is 1. The molecule has 0 aliphatic rings.